The molecule has 3 bridgehead atoms. The smallest absolute Gasteiger partial charge is 0.317 e. The number of Topliss-reactive ketones (excluding diaryl/α,β-unsaturated/α-hetero) is 1. The molecule has 1 spiro atoms. The topological polar surface area (TPSA) is 78.4 Å². The van der Waals surface area contributed by atoms with Crippen LogP contribution in [-0.2, 0) is 4.79 Å². The van der Waals surface area contributed by atoms with Crippen LogP contribution in [0.2, 0.25) is 0 Å². The van der Waals surface area contributed by atoms with Crippen LogP contribution in [-0.4, -0.2) is 38.4 Å². The van der Waals surface area contributed by atoms with Crippen LogP contribution >= 0.6 is 58.0 Å². The van der Waals surface area contributed by atoms with E-state index in [0.29, 0.717) is 16.2 Å². The molecule has 2 amide bonds. The predicted molar refractivity (Wildman–Crippen MR) is 114 cm³/mol. The van der Waals surface area contributed by atoms with Crippen molar-refractivity contribution >= 4 is 69.8 Å². The van der Waals surface area contributed by atoms with Crippen molar-refractivity contribution in [3.05, 3.63) is 45.5 Å². The fourth-order valence-corrected chi connectivity index (χ4v) is 6.71. The summed E-state index contributed by atoms with van der Waals surface area (Å²) >= 11 is 32.2. The third-order valence-electron chi connectivity index (χ3n) is 6.46. The number of amides is 2. The number of carbonyl (C=O) groups is 2. The van der Waals surface area contributed by atoms with E-state index < -0.39 is 50.5 Å². The number of urea groups is 1. The second-order valence-electron chi connectivity index (χ2n) is 7.94. The molecule has 4 rings (SSSR count). The quantitative estimate of drug-likeness (QED) is 0.477. The maximum absolute atomic E-state index is 13.7. The average molecular weight is 499 g/mol. The highest BCUT2D eigenvalue weighted by Crippen LogP contribution is 2.61. The molecule has 0 aromatic heterocycles. The average Bonchev–Trinajstić information content (AvgIpc) is 2.58. The summed E-state index contributed by atoms with van der Waals surface area (Å²) in [5, 5.41) is 16.9. The van der Waals surface area contributed by atoms with E-state index in [1.165, 1.54) is 0 Å². The highest BCUT2D eigenvalue weighted by molar-refractivity contribution is 6.45. The predicted octanol–water partition coefficient (Wildman–Crippen LogP) is 4.10. The number of aliphatic hydroxyl groups is 1. The Balaban J connectivity index is 2.06. The summed E-state index contributed by atoms with van der Waals surface area (Å²) in [6.07, 6.45) is 6.69. The van der Waals surface area contributed by atoms with Crippen LogP contribution in [0.15, 0.2) is 45.5 Å². The molecular weight excluding hydrogens is 481 g/mol. The molecule has 10 heteroatoms. The number of allylic oxidation sites excluding steroid dienone is 6. The second-order valence-corrected chi connectivity index (χ2v) is 10.6. The molecule has 0 aromatic carbocycles. The van der Waals surface area contributed by atoms with Gasteiger partial charge in [0.2, 0.25) is 0 Å². The van der Waals surface area contributed by atoms with E-state index in [1.54, 1.807) is 31.2 Å². The van der Waals surface area contributed by atoms with Crippen LogP contribution in [0.4, 0.5) is 4.79 Å². The molecule has 3 aliphatic carbocycles. The first kappa shape index (κ1) is 21.5. The summed E-state index contributed by atoms with van der Waals surface area (Å²) in [6.45, 7) is 3.61. The van der Waals surface area contributed by atoms with E-state index in [2.05, 4.69) is 10.6 Å². The molecule has 6 unspecified atom stereocenters. The molecule has 0 radical (unpaired) electrons. The van der Waals surface area contributed by atoms with E-state index in [0.717, 1.165) is 0 Å². The Morgan fingerprint density at radius 2 is 1.79 bits per heavy atom. The van der Waals surface area contributed by atoms with Gasteiger partial charge >= 0.3 is 6.03 Å². The summed E-state index contributed by atoms with van der Waals surface area (Å²) in [5.41, 5.74) is -2.37. The fraction of sp³-hybridized carbons (Fsp3) is 0.474. The number of carbonyl (C=O) groups excluding carboxylic acids is 2. The minimum atomic E-state index is -2.21. The standard InChI is InChI=1S/C19H17Cl5N2O3/c1-7-8-3-4-11(21)18(7)5-9(10(20)6-17(18,2)24)13-12(14(8)27)19(29,15(22)23)26-16(28)25-13/h3-7,12-13,15,29H,1-2H3,(H2,25,26,28). The van der Waals surface area contributed by atoms with Gasteiger partial charge in [0.25, 0.3) is 0 Å². The molecular formula is C19H17Cl5N2O3. The first-order chi connectivity index (χ1) is 13.4. The van der Waals surface area contributed by atoms with Gasteiger partial charge in [0.15, 0.2) is 16.3 Å². The minimum Gasteiger partial charge on any atom is -0.368 e. The molecule has 1 saturated heterocycles. The Labute approximate surface area is 192 Å². The van der Waals surface area contributed by atoms with Gasteiger partial charge in [0.1, 0.15) is 0 Å². The lowest BCUT2D eigenvalue weighted by Crippen LogP contribution is -2.73. The van der Waals surface area contributed by atoms with Gasteiger partial charge in [-0.05, 0) is 30.2 Å². The fourth-order valence-electron chi connectivity index (χ4n) is 4.93. The number of hydrogen-bond acceptors (Lipinski definition) is 3. The molecule has 156 valence electrons. The lowest BCUT2D eigenvalue weighted by atomic mass is 9.56. The van der Waals surface area contributed by atoms with Crippen LogP contribution in [0.25, 0.3) is 0 Å². The third-order valence-corrected chi connectivity index (χ3v) is 8.32. The van der Waals surface area contributed by atoms with Crippen molar-refractivity contribution in [2.75, 3.05) is 0 Å². The first-order valence-electron chi connectivity index (χ1n) is 8.88. The largest absolute Gasteiger partial charge is 0.368 e. The van der Waals surface area contributed by atoms with Crippen molar-refractivity contribution in [2.45, 2.75) is 35.3 Å². The Hall–Kier alpha value is -0.690. The molecule has 0 aromatic rings. The highest BCUT2D eigenvalue weighted by atomic mass is 35.5. The Morgan fingerprint density at radius 3 is 2.41 bits per heavy atom. The van der Waals surface area contributed by atoms with Gasteiger partial charge < -0.3 is 15.7 Å². The highest BCUT2D eigenvalue weighted by Gasteiger charge is 2.63. The Bertz CT molecular complexity index is 953. The van der Waals surface area contributed by atoms with E-state index in [9.17, 15) is 14.7 Å². The molecule has 3 N–H and O–H groups in total. The molecule has 1 heterocycles. The zero-order valence-corrected chi connectivity index (χ0v) is 19.1. The summed E-state index contributed by atoms with van der Waals surface area (Å²) < 4.78 is 0. The number of rotatable bonds is 1. The molecule has 0 saturated carbocycles. The van der Waals surface area contributed by atoms with Gasteiger partial charge in [-0.1, -0.05) is 65.5 Å². The molecule has 29 heavy (non-hydrogen) atoms. The zero-order chi connectivity index (χ0) is 21.5. The molecule has 1 fully saturated rings. The monoisotopic (exact) mass is 496 g/mol. The maximum Gasteiger partial charge on any atom is 0.317 e. The Morgan fingerprint density at radius 1 is 1.14 bits per heavy atom. The van der Waals surface area contributed by atoms with E-state index >= 15 is 0 Å². The van der Waals surface area contributed by atoms with Gasteiger partial charge in [-0.15, -0.1) is 11.6 Å². The van der Waals surface area contributed by atoms with Crippen molar-refractivity contribution in [1.82, 2.24) is 10.6 Å². The summed E-state index contributed by atoms with van der Waals surface area (Å²) in [4.78, 5) is 23.5. The molecule has 1 aliphatic heterocycles. The van der Waals surface area contributed by atoms with Crippen LogP contribution in [0.5, 0.6) is 0 Å². The molecule has 5 nitrogen and oxygen atoms in total. The lowest BCUT2D eigenvalue weighted by molar-refractivity contribution is -0.133. The number of alkyl halides is 3. The summed E-state index contributed by atoms with van der Waals surface area (Å²) in [5.74, 6) is -2.11. The van der Waals surface area contributed by atoms with Crippen molar-refractivity contribution in [3.8, 4) is 0 Å². The number of hydrogen-bond donors (Lipinski definition) is 3. The maximum atomic E-state index is 13.7. The summed E-state index contributed by atoms with van der Waals surface area (Å²) in [7, 11) is 0. The van der Waals surface area contributed by atoms with Crippen LogP contribution < -0.4 is 10.6 Å². The number of nitrogens with one attached hydrogen (secondary N) is 2. The number of halogens is 5. The number of fused-ring (bicyclic) bond motifs is 3. The second kappa shape index (κ2) is 6.65. The van der Waals surface area contributed by atoms with Gasteiger partial charge in [-0.2, -0.15) is 0 Å². The summed E-state index contributed by atoms with van der Waals surface area (Å²) in [6, 6.07) is -1.73. The van der Waals surface area contributed by atoms with Crippen LogP contribution in [0.3, 0.4) is 0 Å². The number of ketones is 1. The normalized spacial score (nSPS) is 43.7. The van der Waals surface area contributed by atoms with Gasteiger partial charge in [0, 0.05) is 16.0 Å². The van der Waals surface area contributed by atoms with E-state index in [4.69, 9.17) is 58.0 Å². The van der Waals surface area contributed by atoms with Crippen molar-refractivity contribution in [1.29, 1.82) is 0 Å². The van der Waals surface area contributed by atoms with Gasteiger partial charge in [0.05, 0.1) is 22.2 Å². The third kappa shape index (κ3) is 2.71. The van der Waals surface area contributed by atoms with Gasteiger partial charge in [-0.25, -0.2) is 4.79 Å². The van der Waals surface area contributed by atoms with E-state index in [1.807, 2.05) is 6.92 Å². The SMILES string of the molecule is CC1C2=CC=C(Cl)C13C=C(C(Cl)=CC3(C)Cl)C1NC(=O)NC(O)(C(Cl)Cl)C1C2=O. The minimum absolute atomic E-state index is 0.246. The van der Waals surface area contributed by atoms with Crippen molar-refractivity contribution < 1.29 is 14.7 Å². The zero-order valence-electron chi connectivity index (χ0n) is 15.3. The lowest BCUT2D eigenvalue weighted by Gasteiger charge is -2.55. The van der Waals surface area contributed by atoms with Gasteiger partial charge in [-0.3, -0.25) is 4.79 Å². The first-order valence-corrected chi connectivity index (χ1v) is 10.9. The molecule has 4 aliphatic rings. The van der Waals surface area contributed by atoms with E-state index in [-0.39, 0.29) is 5.03 Å². The van der Waals surface area contributed by atoms with Crippen LogP contribution in [0, 0.1) is 17.3 Å². The molecule has 6 atom stereocenters. The van der Waals surface area contributed by atoms with Crippen molar-refractivity contribution in [2.24, 2.45) is 17.3 Å². The Kier molecular flexibility index (Phi) is 4.94. The van der Waals surface area contributed by atoms with Crippen molar-refractivity contribution in [3.63, 3.8) is 0 Å². The van der Waals surface area contributed by atoms with Crippen LogP contribution in [0.1, 0.15) is 13.8 Å².